The highest BCUT2D eigenvalue weighted by Gasteiger charge is 2.65. The van der Waals surface area contributed by atoms with Crippen molar-refractivity contribution in [3.63, 3.8) is 0 Å². The Balaban J connectivity index is 1.61. The van der Waals surface area contributed by atoms with Crippen LogP contribution in [0.25, 0.3) is 0 Å². The van der Waals surface area contributed by atoms with Crippen LogP contribution in [0.15, 0.2) is 0 Å². The maximum atomic E-state index is 11.5. The monoisotopic (exact) mass is 408 g/mol. The van der Waals surface area contributed by atoms with Crippen LogP contribution >= 0.6 is 0 Å². The van der Waals surface area contributed by atoms with Crippen molar-refractivity contribution in [2.75, 3.05) is 0 Å². The van der Waals surface area contributed by atoms with E-state index in [0.717, 1.165) is 44.9 Å². The second kappa shape index (κ2) is 7.49. The molecule has 4 rings (SSSR count). The quantitative estimate of drug-likeness (QED) is 0.571. The van der Waals surface area contributed by atoms with Gasteiger partial charge in [-0.15, -0.1) is 0 Å². The molecule has 4 aliphatic rings. The van der Waals surface area contributed by atoms with E-state index in [4.69, 9.17) is 5.11 Å². The summed E-state index contributed by atoms with van der Waals surface area (Å²) < 4.78 is 0. The van der Waals surface area contributed by atoms with Crippen LogP contribution in [0.1, 0.15) is 78.6 Å². The van der Waals surface area contributed by atoms with Gasteiger partial charge in [-0.3, -0.25) is 4.79 Å². The topological polar surface area (TPSA) is 98.0 Å². The van der Waals surface area contributed by atoms with Crippen molar-refractivity contribution in [2.45, 2.75) is 96.9 Å². The van der Waals surface area contributed by atoms with Gasteiger partial charge in [0.2, 0.25) is 0 Å². The van der Waals surface area contributed by atoms with Crippen LogP contribution in [0.2, 0.25) is 0 Å². The largest absolute Gasteiger partial charge is 0.481 e. The van der Waals surface area contributed by atoms with E-state index in [2.05, 4.69) is 20.8 Å². The molecule has 0 radical (unpaired) electrons. The van der Waals surface area contributed by atoms with Crippen LogP contribution in [-0.4, -0.2) is 44.7 Å². The molecule has 0 spiro atoms. The minimum Gasteiger partial charge on any atom is -0.481 e. The lowest BCUT2D eigenvalue weighted by atomic mass is 9.43. The molecule has 0 aliphatic heterocycles. The van der Waals surface area contributed by atoms with E-state index in [1.54, 1.807) is 0 Å². The Morgan fingerprint density at radius 3 is 2.45 bits per heavy atom. The molecular weight excluding hydrogens is 368 g/mol. The second-order valence-corrected chi connectivity index (χ2v) is 11.4. The van der Waals surface area contributed by atoms with Gasteiger partial charge >= 0.3 is 5.97 Å². The van der Waals surface area contributed by atoms with Crippen molar-refractivity contribution in [2.24, 2.45) is 46.3 Å². The predicted molar refractivity (Wildman–Crippen MR) is 110 cm³/mol. The zero-order valence-electron chi connectivity index (χ0n) is 18.3. The fraction of sp³-hybridized carbons (Fsp3) is 0.958. The number of aliphatic carboxylic acids is 1. The molecule has 0 aromatic rings. The number of carbonyl (C=O) groups is 1. The number of aliphatic hydroxyl groups is 3. The molecular formula is C24H40O5. The lowest BCUT2D eigenvalue weighted by molar-refractivity contribution is -0.207. The molecule has 4 N–H and O–H groups in total. The van der Waals surface area contributed by atoms with Gasteiger partial charge < -0.3 is 20.4 Å². The summed E-state index contributed by atoms with van der Waals surface area (Å²) in [5, 5.41) is 42.0. The summed E-state index contributed by atoms with van der Waals surface area (Å²) in [6, 6.07) is 0. The van der Waals surface area contributed by atoms with Crippen LogP contribution in [0.3, 0.4) is 0 Å². The molecule has 11 atom stereocenters. The number of carboxylic acid groups (broad SMARTS) is 1. The summed E-state index contributed by atoms with van der Waals surface area (Å²) in [6.45, 7) is 6.72. The molecule has 4 saturated carbocycles. The maximum absolute atomic E-state index is 11.5. The summed E-state index contributed by atoms with van der Waals surface area (Å²) >= 11 is 0. The highest BCUT2D eigenvalue weighted by Crippen LogP contribution is 2.68. The van der Waals surface area contributed by atoms with Gasteiger partial charge in [0.15, 0.2) is 0 Å². The smallest absolute Gasteiger partial charge is 0.303 e. The number of hydrogen-bond acceptors (Lipinski definition) is 4. The molecule has 4 aliphatic carbocycles. The van der Waals surface area contributed by atoms with E-state index in [-0.39, 0.29) is 41.3 Å². The summed E-state index contributed by atoms with van der Waals surface area (Å²) in [6.07, 6.45) is 6.00. The third-order valence-corrected chi connectivity index (χ3v) is 10.3. The van der Waals surface area contributed by atoms with Crippen LogP contribution in [0.5, 0.6) is 0 Å². The first-order valence-corrected chi connectivity index (χ1v) is 11.8. The molecule has 5 nitrogen and oxygen atoms in total. The van der Waals surface area contributed by atoms with Crippen molar-refractivity contribution in [3.05, 3.63) is 0 Å². The van der Waals surface area contributed by atoms with E-state index in [1.807, 2.05) is 0 Å². The van der Waals surface area contributed by atoms with Gasteiger partial charge in [0, 0.05) is 6.42 Å². The third-order valence-electron chi connectivity index (χ3n) is 10.3. The Bertz CT molecular complexity index is 637. The van der Waals surface area contributed by atoms with E-state index < -0.39 is 12.1 Å². The molecule has 0 aromatic heterocycles. The fourth-order valence-corrected chi connectivity index (χ4v) is 8.68. The van der Waals surface area contributed by atoms with Crippen molar-refractivity contribution >= 4 is 5.97 Å². The van der Waals surface area contributed by atoms with Gasteiger partial charge in [0.05, 0.1) is 18.3 Å². The molecule has 0 amide bonds. The zero-order chi connectivity index (χ0) is 21.1. The number of fused-ring (bicyclic) bond motifs is 5. The zero-order valence-corrected chi connectivity index (χ0v) is 18.3. The van der Waals surface area contributed by atoms with Crippen LogP contribution in [-0.2, 0) is 4.79 Å². The Morgan fingerprint density at radius 1 is 1.03 bits per heavy atom. The van der Waals surface area contributed by atoms with Crippen molar-refractivity contribution < 1.29 is 25.2 Å². The minimum absolute atomic E-state index is 0.0957. The van der Waals surface area contributed by atoms with E-state index in [0.29, 0.717) is 30.1 Å². The molecule has 0 saturated heterocycles. The van der Waals surface area contributed by atoms with Crippen LogP contribution in [0, 0.1) is 46.3 Å². The molecule has 0 heterocycles. The van der Waals surface area contributed by atoms with E-state index in [9.17, 15) is 20.1 Å². The van der Waals surface area contributed by atoms with Gasteiger partial charge in [0.1, 0.15) is 0 Å². The minimum atomic E-state index is -0.748. The number of hydrogen-bond donors (Lipinski definition) is 4. The summed E-state index contributed by atoms with van der Waals surface area (Å²) in [5.74, 6) is 0.997. The summed E-state index contributed by atoms with van der Waals surface area (Å²) in [5.41, 5.74) is -0.143. The first-order valence-electron chi connectivity index (χ1n) is 11.8. The fourth-order valence-electron chi connectivity index (χ4n) is 8.68. The van der Waals surface area contributed by atoms with Gasteiger partial charge in [-0.25, -0.2) is 0 Å². The summed E-state index contributed by atoms with van der Waals surface area (Å²) in [4.78, 5) is 11.1. The first-order chi connectivity index (χ1) is 13.6. The average Bonchev–Trinajstić information content (AvgIpc) is 3.01. The average molecular weight is 409 g/mol. The molecule has 5 heteroatoms. The molecule has 0 bridgehead atoms. The second-order valence-electron chi connectivity index (χ2n) is 11.4. The molecule has 166 valence electrons. The van der Waals surface area contributed by atoms with Crippen molar-refractivity contribution in [1.29, 1.82) is 0 Å². The molecule has 0 aromatic carbocycles. The lowest BCUT2D eigenvalue weighted by Crippen LogP contribution is -2.62. The van der Waals surface area contributed by atoms with Gasteiger partial charge in [-0.2, -0.15) is 0 Å². The Hall–Kier alpha value is -0.650. The highest BCUT2D eigenvalue weighted by molar-refractivity contribution is 5.66. The SMILES string of the molecule is C[C@H](CCC(=O)O)C1CC[C@H]2[C@H]3[C@H](O)C[C@@H]4C[C@H](O)CC[C@]4(C)[C@H]3C[C@@H](O)[C@]12C. The standard InChI is InChI=1S/C24H40O5/c1-13(4-7-21(28)29)16-5-6-17-22-18(12-20(27)24(16,17)3)23(2)9-8-15(25)10-14(23)11-19(22)26/h13-20,22,25-27H,4-12H2,1-3H3,(H,28,29)/t13-,14+,15-,16?,17+,18+,19-,20-,22-,23+,24-/m1/s1. The molecule has 4 fully saturated rings. The van der Waals surface area contributed by atoms with E-state index >= 15 is 0 Å². The number of aliphatic hydroxyl groups excluding tert-OH is 3. The van der Waals surface area contributed by atoms with E-state index in [1.165, 1.54) is 0 Å². The lowest BCUT2D eigenvalue weighted by Gasteiger charge is -2.63. The van der Waals surface area contributed by atoms with Crippen molar-refractivity contribution in [3.8, 4) is 0 Å². The highest BCUT2D eigenvalue weighted by atomic mass is 16.4. The van der Waals surface area contributed by atoms with Crippen LogP contribution < -0.4 is 0 Å². The van der Waals surface area contributed by atoms with Gasteiger partial charge in [0.25, 0.3) is 0 Å². The number of rotatable bonds is 4. The van der Waals surface area contributed by atoms with Gasteiger partial charge in [-0.1, -0.05) is 20.8 Å². The Kier molecular flexibility index (Phi) is 5.57. The number of carboxylic acids is 1. The Morgan fingerprint density at radius 2 is 1.76 bits per heavy atom. The van der Waals surface area contributed by atoms with Crippen LogP contribution in [0.4, 0.5) is 0 Å². The summed E-state index contributed by atoms with van der Waals surface area (Å²) in [7, 11) is 0. The normalized spacial score (nSPS) is 52.9. The van der Waals surface area contributed by atoms with Crippen molar-refractivity contribution in [1.82, 2.24) is 0 Å². The molecule has 29 heavy (non-hydrogen) atoms. The first kappa shape index (κ1) is 21.6. The molecule has 1 unspecified atom stereocenters. The third kappa shape index (κ3) is 3.27. The van der Waals surface area contributed by atoms with Gasteiger partial charge in [-0.05, 0) is 97.7 Å². The maximum Gasteiger partial charge on any atom is 0.303 e. The Labute approximate surface area is 174 Å². The predicted octanol–water partition coefficient (Wildman–Crippen LogP) is 3.45.